The number of nitrogens with zero attached hydrogens (tertiary/aromatic N) is 6. The van der Waals surface area contributed by atoms with Crippen molar-refractivity contribution in [2.45, 2.75) is 249 Å². The molecule has 0 saturated carbocycles. The van der Waals surface area contributed by atoms with Crippen LogP contribution in [0.4, 0.5) is 310 Å². The predicted octanol–water partition coefficient (Wildman–Crippen LogP) is 23.1. The fourth-order valence-corrected chi connectivity index (χ4v) is 9.03. The lowest BCUT2D eigenvalue weighted by atomic mass is 9.80. The third-order valence-electron chi connectivity index (χ3n) is 15.8. The van der Waals surface area contributed by atoms with Crippen molar-refractivity contribution in [3.63, 3.8) is 0 Å². The van der Waals surface area contributed by atoms with Gasteiger partial charge in [-0.15, -0.1) is 10.3 Å². The van der Waals surface area contributed by atoms with E-state index in [2.05, 4.69) is 4.74 Å². The topological polar surface area (TPSA) is 77.5 Å². The highest BCUT2D eigenvalue weighted by molar-refractivity contribution is 5.49. The van der Waals surface area contributed by atoms with E-state index in [1.807, 2.05) is 0 Å². The lowest BCUT2D eigenvalue weighted by molar-refractivity contribution is -0.469. The highest BCUT2D eigenvalue weighted by Crippen LogP contribution is 2.73. The molecular formula is C44H17F68N6O2. The monoisotopic (exact) mass is 1950 g/mol. The van der Waals surface area contributed by atoms with Crippen LogP contribution in [0.2, 0.25) is 0 Å². The first-order valence-electron chi connectivity index (χ1n) is 27.1. The zero-order chi connectivity index (χ0) is 98.3. The number of alkyl halides is 68. The minimum atomic E-state index is -11.5. The van der Waals surface area contributed by atoms with Crippen molar-refractivity contribution in [1.82, 2.24) is 20.0 Å². The summed E-state index contributed by atoms with van der Waals surface area (Å²) in [5, 5.41) is 12.2. The minimum absolute atomic E-state index is 0.0416. The summed E-state index contributed by atoms with van der Waals surface area (Å²) in [5.74, 6) is -271. The van der Waals surface area contributed by atoms with Gasteiger partial charge in [0.1, 0.15) is 6.10 Å². The van der Waals surface area contributed by atoms with Gasteiger partial charge in [0.15, 0.2) is 0 Å². The lowest BCUT2D eigenvalue weighted by Crippen LogP contribution is -2.80. The fourth-order valence-electron chi connectivity index (χ4n) is 9.03. The van der Waals surface area contributed by atoms with Gasteiger partial charge in [-0.2, -0.15) is 314 Å². The van der Waals surface area contributed by atoms with Crippen LogP contribution in [0.3, 0.4) is 0 Å². The van der Waals surface area contributed by atoms with Gasteiger partial charge in [-0.3, -0.25) is 0 Å². The number of halogens is 68. The van der Waals surface area contributed by atoms with E-state index in [1.165, 1.54) is 0 Å². The molecule has 0 aliphatic carbocycles. The largest absolute Gasteiger partial charge is 0.460 e. The molecule has 1 radical (unpaired) electrons. The first kappa shape index (κ1) is 110. The maximum atomic E-state index is 16.7. The molecule has 0 atom stereocenters. The van der Waals surface area contributed by atoms with Gasteiger partial charge in [0.25, 0.3) is 0 Å². The van der Waals surface area contributed by atoms with E-state index < -0.39 is 254 Å². The lowest BCUT2D eigenvalue weighted by Gasteiger charge is -2.49. The van der Waals surface area contributed by atoms with E-state index in [-0.39, 0.29) is 32.7 Å². The molecule has 76 heteroatoms. The molecule has 0 bridgehead atoms. The maximum Gasteiger partial charge on any atom is 0.460 e. The summed E-state index contributed by atoms with van der Waals surface area (Å²) in [4.78, 5) is -12.3. The fraction of sp³-hybridized carbons (Fsp3) is 0.932. The Kier molecular flexibility index (Phi) is 25.4. The molecule has 0 unspecified atom stereocenters. The Bertz CT molecular complexity index is 3410. The SMILES string of the molecule is CC1(C)CC(Oc2nc(N(C(F)(F)C(F)(F)C(F)(F)C(F)(F)C(F)(F)C(F)(F)C(F)(F)C(F)(F)F)C(F)(F)C(F)(F)C(F)(F)C(F)(F)C(F)(F)C(F)(F)C(F)(F)C(F)(F)F)nc(N(C(F)(F)C(F)(F)C(F)(F)C(F)(F)C(F)(F)C(F)(F)C(F)(F)C(F)(F)F)C(F)(F)C(F)(F)C(F)(F)C(F)(F)C(F)(F)C(F)(F)C(F)(F)C(F)(F)F)n2)CC(C)(C)N1[O]. The Morgan fingerprint density at radius 3 is 0.483 bits per heavy atom. The molecule has 8 nitrogen and oxygen atoms in total. The van der Waals surface area contributed by atoms with Crippen LogP contribution in [0.25, 0.3) is 0 Å². The summed E-state index contributed by atoms with van der Waals surface area (Å²) in [6.45, 7) is 0.167. The summed E-state index contributed by atoms with van der Waals surface area (Å²) in [7, 11) is 0. The van der Waals surface area contributed by atoms with Gasteiger partial charge in [0.2, 0.25) is 11.9 Å². The second-order valence-corrected chi connectivity index (χ2v) is 24.9. The molecule has 120 heavy (non-hydrogen) atoms. The van der Waals surface area contributed by atoms with Crippen LogP contribution in [-0.2, 0) is 5.21 Å². The number of piperidine rings is 1. The van der Waals surface area contributed by atoms with E-state index in [0.29, 0.717) is 9.97 Å². The number of ether oxygens (including phenoxy) is 1. The summed E-state index contributed by atoms with van der Waals surface area (Å²) in [6.07, 6.45) is -44.9. The molecular weight excluding hydrogens is 1940 g/mol. The van der Waals surface area contributed by atoms with Gasteiger partial charge in [0, 0.05) is 23.9 Å². The van der Waals surface area contributed by atoms with Gasteiger partial charge < -0.3 is 4.74 Å². The van der Waals surface area contributed by atoms with Crippen molar-refractivity contribution in [1.29, 1.82) is 0 Å². The molecule has 0 aromatic carbocycles. The summed E-state index contributed by atoms with van der Waals surface area (Å²) in [5.41, 5.74) is -6.28. The molecule has 1 fully saturated rings. The van der Waals surface area contributed by atoms with E-state index in [9.17, 15) is 163 Å². The van der Waals surface area contributed by atoms with Gasteiger partial charge in [-0.05, 0) is 27.7 Å². The van der Waals surface area contributed by atoms with Gasteiger partial charge in [-0.1, -0.05) is 0 Å². The Balaban J connectivity index is 4.32. The normalized spacial score (nSPS) is 18.5. The molecule has 0 N–H and O–H groups in total. The summed E-state index contributed by atoms with van der Waals surface area (Å²) in [6, 6.07) is -50.8. The number of aromatic nitrogens is 3. The van der Waals surface area contributed by atoms with Crippen molar-refractivity contribution in [2.75, 3.05) is 9.80 Å². The van der Waals surface area contributed by atoms with E-state index in [4.69, 9.17) is 0 Å². The summed E-state index contributed by atoms with van der Waals surface area (Å²) < 4.78 is 1000. The quantitative estimate of drug-likeness (QED) is 0.0525. The molecule has 2 rings (SSSR count). The van der Waals surface area contributed by atoms with Gasteiger partial charge in [-0.25, -0.2) is 9.80 Å². The molecule has 0 spiro atoms. The first-order valence-corrected chi connectivity index (χ1v) is 27.1. The third kappa shape index (κ3) is 13.7. The van der Waals surface area contributed by atoms with Crippen molar-refractivity contribution >= 4 is 11.9 Å². The van der Waals surface area contributed by atoms with Gasteiger partial charge in [0.05, 0.1) is 0 Å². The first-order chi connectivity index (χ1) is 50.8. The Labute approximate surface area is 605 Å². The standard InChI is InChI=1S/C44H17F68N6O2/c1-11(2)5-7(6-12(3,4)118(11)119)120-10-114-8(116(41(105,106)33(85,86)25(69,70)17(53,54)13(45,46)21(61,62)29(77,78)37(93,94)95)42(107,108)34(87,88)26(71,72)18(55,56)14(47,48)22(63,64)30(79,80)38(96,97)98)113-9(115-10)117(43(109,110)35(89,90)27(73,74)19(57,58)15(49,50)23(65,66)31(81,82)39(99,100)101)44(111,112)36(91,92)28(75,76)20(59,60)16(51,52)24(67,68)32(83,84)40(102,103)104/h7H,5-6H2,1-4H3. The van der Waals surface area contributed by atoms with Crippen molar-refractivity contribution in [3.8, 4) is 6.01 Å². The molecule has 1 saturated heterocycles. The van der Waals surface area contributed by atoms with Crippen LogP contribution in [-0.4, -0.2) is 228 Å². The van der Waals surface area contributed by atoms with Crippen LogP contribution in [0.1, 0.15) is 40.5 Å². The Hall–Kier alpha value is -6.43. The van der Waals surface area contributed by atoms with Gasteiger partial charge >= 0.3 is 197 Å². The summed E-state index contributed by atoms with van der Waals surface area (Å²) >= 11 is 0. The second kappa shape index (κ2) is 27.8. The van der Waals surface area contributed by atoms with Crippen LogP contribution in [0.15, 0.2) is 0 Å². The highest BCUT2D eigenvalue weighted by Gasteiger charge is 3.03. The second-order valence-electron chi connectivity index (χ2n) is 24.9. The number of hydrogen-bond donors (Lipinski definition) is 0. The number of rotatable bonds is 32. The minimum Gasteiger partial charge on any atom is -0.460 e. The number of hydrogen-bond acceptors (Lipinski definition) is 7. The Morgan fingerprint density at radius 2 is 0.350 bits per heavy atom. The molecule has 2 heterocycles. The van der Waals surface area contributed by atoms with Crippen molar-refractivity contribution < 1.29 is 308 Å². The smallest absolute Gasteiger partial charge is 0.460 e. The number of hydroxylamine groups is 2. The Morgan fingerprint density at radius 1 is 0.225 bits per heavy atom. The maximum absolute atomic E-state index is 16.7. The third-order valence-corrected chi connectivity index (χ3v) is 15.8. The average molecular weight is 1950 g/mol. The molecule has 1 aromatic heterocycles. The molecule has 1 aliphatic rings. The van der Waals surface area contributed by atoms with E-state index >= 15 is 140 Å². The van der Waals surface area contributed by atoms with E-state index in [0.717, 1.165) is 0 Å². The number of anilines is 2. The highest BCUT2D eigenvalue weighted by atomic mass is 19.5. The van der Waals surface area contributed by atoms with Crippen LogP contribution in [0.5, 0.6) is 6.01 Å². The molecule has 1 aliphatic heterocycles. The van der Waals surface area contributed by atoms with E-state index in [1.54, 1.807) is 0 Å². The van der Waals surface area contributed by atoms with Crippen LogP contribution < -0.4 is 14.5 Å². The van der Waals surface area contributed by atoms with Crippen molar-refractivity contribution in [3.05, 3.63) is 0 Å². The molecule has 711 valence electrons. The molecule has 1 aromatic rings. The predicted molar refractivity (Wildman–Crippen MR) is 232 cm³/mol. The average Bonchev–Trinajstić information content (AvgIpc) is 0.682. The van der Waals surface area contributed by atoms with Crippen LogP contribution in [0, 0.1) is 0 Å². The van der Waals surface area contributed by atoms with Crippen LogP contribution >= 0.6 is 0 Å². The zero-order valence-electron chi connectivity index (χ0n) is 53.7. The molecule has 0 amide bonds. The zero-order valence-corrected chi connectivity index (χ0v) is 53.7. The van der Waals surface area contributed by atoms with Crippen molar-refractivity contribution in [2.24, 2.45) is 0 Å².